The highest BCUT2D eigenvalue weighted by Gasteiger charge is 2.14. The summed E-state index contributed by atoms with van der Waals surface area (Å²) in [6, 6.07) is 18.1. The molecule has 3 aromatic rings. The van der Waals surface area contributed by atoms with Crippen molar-refractivity contribution in [3.63, 3.8) is 0 Å². The van der Waals surface area contributed by atoms with Gasteiger partial charge in [0.05, 0.1) is 18.4 Å². The van der Waals surface area contributed by atoms with Gasteiger partial charge in [0.1, 0.15) is 5.82 Å². The summed E-state index contributed by atoms with van der Waals surface area (Å²) in [5, 5.41) is 5.99. The van der Waals surface area contributed by atoms with Crippen molar-refractivity contribution in [2.45, 2.75) is 13.5 Å². The predicted octanol–water partition coefficient (Wildman–Crippen LogP) is 4.04. The molecular formula is C22H21N3O3. The number of hydrogen-bond acceptors (Lipinski definition) is 5. The zero-order valence-electron chi connectivity index (χ0n) is 15.7. The molecule has 0 aliphatic rings. The number of aromatic nitrogens is 1. The molecule has 2 aromatic carbocycles. The van der Waals surface area contributed by atoms with Gasteiger partial charge in [-0.3, -0.25) is 4.79 Å². The van der Waals surface area contributed by atoms with Crippen molar-refractivity contribution in [3.8, 4) is 0 Å². The molecule has 0 aliphatic heterocycles. The minimum Gasteiger partial charge on any atom is -0.465 e. The molecule has 0 saturated heterocycles. The Bertz CT molecular complexity index is 1000. The van der Waals surface area contributed by atoms with Crippen molar-refractivity contribution in [1.29, 1.82) is 0 Å². The van der Waals surface area contributed by atoms with Gasteiger partial charge in [0, 0.05) is 18.3 Å². The number of methoxy groups -OCH3 is 1. The highest BCUT2D eigenvalue weighted by molar-refractivity contribution is 6.08. The van der Waals surface area contributed by atoms with Gasteiger partial charge >= 0.3 is 5.97 Å². The number of carbonyl (C=O) groups excluding carboxylic acids is 2. The average Bonchev–Trinajstić information content (AvgIpc) is 2.73. The van der Waals surface area contributed by atoms with E-state index in [2.05, 4.69) is 15.6 Å². The summed E-state index contributed by atoms with van der Waals surface area (Å²) in [6.07, 6.45) is 1.57. The van der Waals surface area contributed by atoms with E-state index in [1.54, 1.807) is 42.6 Å². The Labute approximate surface area is 163 Å². The number of nitrogens with one attached hydrogen (secondary N) is 2. The number of benzene rings is 2. The van der Waals surface area contributed by atoms with Crippen LogP contribution in [0.15, 0.2) is 66.9 Å². The second-order valence-electron chi connectivity index (χ2n) is 6.20. The Hall–Kier alpha value is -3.67. The molecule has 0 unspecified atom stereocenters. The number of esters is 1. The van der Waals surface area contributed by atoms with E-state index in [1.807, 2.05) is 31.2 Å². The van der Waals surface area contributed by atoms with Crippen molar-refractivity contribution >= 4 is 23.4 Å². The maximum atomic E-state index is 12.6. The van der Waals surface area contributed by atoms with E-state index < -0.39 is 5.97 Å². The molecule has 0 atom stereocenters. The monoisotopic (exact) mass is 375 g/mol. The normalized spacial score (nSPS) is 10.2. The topological polar surface area (TPSA) is 80.3 Å². The minimum absolute atomic E-state index is 0.297. The maximum Gasteiger partial charge on any atom is 0.339 e. The summed E-state index contributed by atoms with van der Waals surface area (Å²) >= 11 is 0. The number of ether oxygens (including phenoxy) is 1. The molecule has 0 fully saturated rings. The van der Waals surface area contributed by atoms with Gasteiger partial charge in [-0.1, -0.05) is 36.4 Å². The third-order valence-corrected chi connectivity index (χ3v) is 4.32. The maximum absolute atomic E-state index is 12.6. The number of hydrogen-bond donors (Lipinski definition) is 2. The molecule has 0 spiro atoms. The minimum atomic E-state index is -0.508. The van der Waals surface area contributed by atoms with Gasteiger partial charge in [-0.2, -0.15) is 0 Å². The standard InChI is InChI=1S/C22H21N3O3/c1-15-7-3-4-8-17(15)14-24-20-13-16(11-12-23-20)21(26)25-19-10-6-5-9-18(19)22(27)28-2/h3-13H,14H2,1-2H3,(H,23,24)(H,25,26). The van der Waals surface area contributed by atoms with Crippen molar-refractivity contribution in [1.82, 2.24) is 4.98 Å². The summed E-state index contributed by atoms with van der Waals surface area (Å²) in [7, 11) is 1.30. The Morgan fingerprint density at radius 3 is 2.57 bits per heavy atom. The number of amides is 1. The molecule has 0 radical (unpaired) electrons. The van der Waals surface area contributed by atoms with Crippen LogP contribution in [0.5, 0.6) is 0 Å². The van der Waals surface area contributed by atoms with Crippen LogP contribution < -0.4 is 10.6 Å². The van der Waals surface area contributed by atoms with Gasteiger partial charge in [-0.05, 0) is 42.3 Å². The lowest BCUT2D eigenvalue weighted by molar-refractivity contribution is 0.0602. The molecule has 0 saturated carbocycles. The third kappa shape index (κ3) is 4.54. The van der Waals surface area contributed by atoms with Crippen LogP contribution in [0.3, 0.4) is 0 Å². The number of pyridine rings is 1. The number of para-hydroxylation sites is 1. The molecule has 3 rings (SSSR count). The molecule has 1 amide bonds. The van der Waals surface area contributed by atoms with Crippen molar-refractivity contribution in [2.24, 2.45) is 0 Å². The van der Waals surface area contributed by atoms with Crippen LogP contribution in [0.25, 0.3) is 0 Å². The van der Waals surface area contributed by atoms with Gasteiger partial charge in [-0.15, -0.1) is 0 Å². The zero-order valence-corrected chi connectivity index (χ0v) is 15.7. The molecule has 1 heterocycles. The number of carbonyl (C=O) groups is 2. The van der Waals surface area contributed by atoms with Gasteiger partial charge in [-0.25, -0.2) is 9.78 Å². The van der Waals surface area contributed by atoms with E-state index in [1.165, 1.54) is 12.7 Å². The Kier molecular flexibility index (Phi) is 6.01. The summed E-state index contributed by atoms with van der Waals surface area (Å²) < 4.78 is 4.76. The highest BCUT2D eigenvalue weighted by atomic mass is 16.5. The Balaban J connectivity index is 1.73. The molecule has 0 aliphatic carbocycles. The van der Waals surface area contributed by atoms with Crippen LogP contribution in [-0.4, -0.2) is 24.0 Å². The molecule has 2 N–H and O–H groups in total. The lowest BCUT2D eigenvalue weighted by Gasteiger charge is -2.11. The Morgan fingerprint density at radius 1 is 1.04 bits per heavy atom. The largest absolute Gasteiger partial charge is 0.465 e. The quantitative estimate of drug-likeness (QED) is 0.636. The first-order chi connectivity index (χ1) is 13.6. The zero-order chi connectivity index (χ0) is 19.9. The van der Waals surface area contributed by atoms with Crippen LogP contribution in [0.2, 0.25) is 0 Å². The van der Waals surface area contributed by atoms with Crippen LogP contribution >= 0.6 is 0 Å². The summed E-state index contributed by atoms with van der Waals surface area (Å²) in [5.41, 5.74) is 3.47. The van der Waals surface area contributed by atoms with Gasteiger partial charge in [0.2, 0.25) is 0 Å². The third-order valence-electron chi connectivity index (χ3n) is 4.32. The van der Waals surface area contributed by atoms with Crippen LogP contribution in [0, 0.1) is 6.92 Å². The molecule has 1 aromatic heterocycles. The number of nitrogens with zero attached hydrogens (tertiary/aromatic N) is 1. The molecule has 0 bridgehead atoms. The van der Waals surface area contributed by atoms with Crippen molar-refractivity contribution in [3.05, 3.63) is 89.1 Å². The SMILES string of the molecule is COC(=O)c1ccccc1NC(=O)c1ccnc(NCc2ccccc2C)c1. The molecule has 6 heteroatoms. The van der Waals surface area contributed by atoms with E-state index in [0.717, 1.165) is 5.56 Å². The fourth-order valence-corrected chi connectivity index (χ4v) is 2.74. The molecule has 6 nitrogen and oxygen atoms in total. The summed E-state index contributed by atoms with van der Waals surface area (Å²) in [5.74, 6) is -0.249. The summed E-state index contributed by atoms with van der Waals surface area (Å²) in [6.45, 7) is 2.66. The first-order valence-electron chi connectivity index (χ1n) is 8.81. The van der Waals surface area contributed by atoms with E-state index in [0.29, 0.717) is 29.2 Å². The lowest BCUT2D eigenvalue weighted by atomic mass is 10.1. The van der Waals surface area contributed by atoms with E-state index in [4.69, 9.17) is 4.74 Å². The molecule has 28 heavy (non-hydrogen) atoms. The average molecular weight is 375 g/mol. The van der Waals surface area contributed by atoms with Gasteiger partial charge in [0.15, 0.2) is 0 Å². The van der Waals surface area contributed by atoms with E-state index in [-0.39, 0.29) is 5.91 Å². The first kappa shape index (κ1) is 19.1. The lowest BCUT2D eigenvalue weighted by Crippen LogP contribution is -2.16. The summed E-state index contributed by atoms with van der Waals surface area (Å²) in [4.78, 5) is 28.8. The second kappa shape index (κ2) is 8.81. The van der Waals surface area contributed by atoms with E-state index in [9.17, 15) is 9.59 Å². The first-order valence-corrected chi connectivity index (χ1v) is 8.81. The predicted molar refractivity (Wildman–Crippen MR) is 108 cm³/mol. The fourth-order valence-electron chi connectivity index (χ4n) is 2.74. The van der Waals surface area contributed by atoms with Crippen molar-refractivity contribution < 1.29 is 14.3 Å². The number of aryl methyl sites for hydroxylation is 1. The van der Waals surface area contributed by atoms with Gasteiger partial charge in [0.25, 0.3) is 5.91 Å². The highest BCUT2D eigenvalue weighted by Crippen LogP contribution is 2.18. The molecular weight excluding hydrogens is 354 g/mol. The van der Waals surface area contributed by atoms with Crippen LogP contribution in [-0.2, 0) is 11.3 Å². The van der Waals surface area contributed by atoms with Crippen LogP contribution in [0.4, 0.5) is 11.5 Å². The number of rotatable bonds is 6. The second-order valence-corrected chi connectivity index (χ2v) is 6.20. The van der Waals surface area contributed by atoms with Crippen molar-refractivity contribution in [2.75, 3.05) is 17.7 Å². The van der Waals surface area contributed by atoms with Crippen LogP contribution in [0.1, 0.15) is 31.8 Å². The van der Waals surface area contributed by atoms with Gasteiger partial charge < -0.3 is 15.4 Å². The number of anilines is 2. The Morgan fingerprint density at radius 2 is 1.79 bits per heavy atom. The fraction of sp³-hybridized carbons (Fsp3) is 0.136. The van der Waals surface area contributed by atoms with E-state index >= 15 is 0 Å². The molecule has 142 valence electrons. The smallest absolute Gasteiger partial charge is 0.339 e.